The van der Waals surface area contributed by atoms with Crippen molar-refractivity contribution in [2.24, 2.45) is 0 Å². The molecule has 0 spiro atoms. The standard InChI is InChI=1S/C26H25N3O3S/c1-16-10-11-22(17(2)12-16)27-24(30)15-28-25(31)23(33-26(28)32)14-20-13-18(3)29(19(20)4)21-8-6-5-7-9-21/h5-14H,15H2,1-4H3,(H,27,30)/b23-14+. The Morgan fingerprint density at radius 3 is 2.42 bits per heavy atom. The number of benzene rings is 2. The molecule has 0 radical (unpaired) electrons. The molecule has 0 atom stereocenters. The zero-order valence-corrected chi connectivity index (χ0v) is 19.8. The van der Waals surface area contributed by atoms with Gasteiger partial charge in [0.2, 0.25) is 5.91 Å². The molecule has 1 N–H and O–H groups in total. The van der Waals surface area contributed by atoms with Gasteiger partial charge in [0.1, 0.15) is 6.54 Å². The van der Waals surface area contributed by atoms with E-state index in [1.807, 2.05) is 82.3 Å². The first-order chi connectivity index (χ1) is 15.7. The number of amides is 3. The lowest BCUT2D eigenvalue weighted by atomic mass is 10.1. The largest absolute Gasteiger partial charge is 0.324 e. The molecule has 3 aromatic rings. The Morgan fingerprint density at radius 2 is 1.73 bits per heavy atom. The number of para-hydroxylation sites is 1. The number of imide groups is 1. The van der Waals surface area contributed by atoms with Crippen LogP contribution >= 0.6 is 11.8 Å². The molecule has 1 saturated heterocycles. The maximum atomic E-state index is 12.9. The van der Waals surface area contributed by atoms with E-state index in [1.165, 1.54) is 0 Å². The highest BCUT2D eigenvalue weighted by Crippen LogP contribution is 2.33. The van der Waals surface area contributed by atoms with Gasteiger partial charge in [-0.3, -0.25) is 19.3 Å². The summed E-state index contributed by atoms with van der Waals surface area (Å²) in [7, 11) is 0. The lowest BCUT2D eigenvalue weighted by molar-refractivity contribution is -0.127. The number of rotatable bonds is 5. The second kappa shape index (κ2) is 9.11. The monoisotopic (exact) mass is 459 g/mol. The molecule has 1 fully saturated rings. The number of carbonyl (C=O) groups excluding carboxylic acids is 3. The average Bonchev–Trinajstić information content (AvgIpc) is 3.20. The Morgan fingerprint density at radius 1 is 1.00 bits per heavy atom. The number of hydrogen-bond acceptors (Lipinski definition) is 4. The number of thioether (sulfide) groups is 1. The van der Waals surface area contributed by atoms with Crippen LogP contribution < -0.4 is 5.32 Å². The quantitative estimate of drug-likeness (QED) is 0.520. The topological polar surface area (TPSA) is 71.4 Å². The predicted molar refractivity (Wildman–Crippen MR) is 132 cm³/mol. The van der Waals surface area contributed by atoms with Gasteiger partial charge in [-0.1, -0.05) is 35.9 Å². The molecule has 4 rings (SSSR count). The summed E-state index contributed by atoms with van der Waals surface area (Å²) in [5, 5.41) is 2.35. The van der Waals surface area contributed by atoms with Gasteiger partial charge in [0.25, 0.3) is 11.1 Å². The number of nitrogens with one attached hydrogen (secondary N) is 1. The Labute approximate surface area is 197 Å². The van der Waals surface area contributed by atoms with Crippen LogP contribution in [0.5, 0.6) is 0 Å². The van der Waals surface area contributed by atoms with Gasteiger partial charge in [0.05, 0.1) is 4.91 Å². The second-order valence-corrected chi connectivity index (χ2v) is 9.13. The molecule has 3 amide bonds. The highest BCUT2D eigenvalue weighted by molar-refractivity contribution is 8.18. The maximum absolute atomic E-state index is 12.9. The van der Waals surface area contributed by atoms with Crippen LogP contribution in [0.4, 0.5) is 10.5 Å². The minimum absolute atomic E-state index is 0.313. The van der Waals surface area contributed by atoms with Crippen LogP contribution in [0.3, 0.4) is 0 Å². The van der Waals surface area contributed by atoms with E-state index in [0.29, 0.717) is 10.6 Å². The number of aromatic nitrogens is 1. The number of nitrogens with zero attached hydrogens (tertiary/aromatic N) is 2. The van der Waals surface area contributed by atoms with Crippen molar-refractivity contribution in [3.63, 3.8) is 0 Å². The van der Waals surface area contributed by atoms with Gasteiger partial charge in [0.15, 0.2) is 0 Å². The summed E-state index contributed by atoms with van der Waals surface area (Å²) in [6.07, 6.45) is 1.73. The number of carbonyl (C=O) groups is 3. The third-order valence-corrected chi connectivity index (χ3v) is 6.51. The summed E-state index contributed by atoms with van der Waals surface area (Å²) in [5.74, 6) is -0.863. The van der Waals surface area contributed by atoms with Crippen molar-refractivity contribution in [2.75, 3.05) is 11.9 Å². The third kappa shape index (κ3) is 4.64. The van der Waals surface area contributed by atoms with E-state index < -0.39 is 17.1 Å². The summed E-state index contributed by atoms with van der Waals surface area (Å²) in [6, 6.07) is 17.6. The molecule has 33 heavy (non-hydrogen) atoms. The van der Waals surface area contributed by atoms with Crippen molar-refractivity contribution in [3.8, 4) is 5.69 Å². The van der Waals surface area contributed by atoms with Gasteiger partial charge in [-0.05, 0) is 80.9 Å². The van der Waals surface area contributed by atoms with Crippen molar-refractivity contribution in [2.45, 2.75) is 27.7 Å². The molecular formula is C26H25N3O3S. The van der Waals surface area contributed by atoms with Crippen LogP contribution in [-0.2, 0) is 9.59 Å². The van der Waals surface area contributed by atoms with Crippen LogP contribution in [-0.4, -0.2) is 33.1 Å². The third-order valence-electron chi connectivity index (χ3n) is 5.60. The fourth-order valence-electron chi connectivity index (χ4n) is 3.97. The van der Waals surface area contributed by atoms with Gasteiger partial charge < -0.3 is 9.88 Å². The Kier molecular flexibility index (Phi) is 6.24. The Balaban J connectivity index is 1.52. The van der Waals surface area contributed by atoms with Crippen molar-refractivity contribution in [3.05, 3.63) is 87.6 Å². The highest BCUT2D eigenvalue weighted by Gasteiger charge is 2.36. The first-order valence-electron chi connectivity index (χ1n) is 10.6. The van der Waals surface area contributed by atoms with Gasteiger partial charge in [-0.2, -0.15) is 0 Å². The smallest absolute Gasteiger partial charge is 0.294 e. The molecule has 168 valence electrons. The Hall–Kier alpha value is -3.58. The lowest BCUT2D eigenvalue weighted by Gasteiger charge is -2.14. The fraction of sp³-hybridized carbons (Fsp3) is 0.192. The molecule has 6 nitrogen and oxygen atoms in total. The summed E-state index contributed by atoms with van der Waals surface area (Å²) in [5.41, 5.74) is 6.57. The summed E-state index contributed by atoms with van der Waals surface area (Å²) in [6.45, 7) is 7.53. The number of anilines is 1. The van der Waals surface area contributed by atoms with E-state index in [9.17, 15) is 14.4 Å². The van der Waals surface area contributed by atoms with Gasteiger partial charge in [-0.15, -0.1) is 0 Å². The van der Waals surface area contributed by atoms with Crippen molar-refractivity contribution in [1.29, 1.82) is 0 Å². The minimum Gasteiger partial charge on any atom is -0.324 e. The zero-order chi connectivity index (χ0) is 23.7. The van der Waals surface area contributed by atoms with Crippen LogP contribution in [0.2, 0.25) is 0 Å². The summed E-state index contributed by atoms with van der Waals surface area (Å²) >= 11 is 0.859. The first-order valence-corrected chi connectivity index (χ1v) is 11.4. The van der Waals surface area contributed by atoms with E-state index >= 15 is 0 Å². The zero-order valence-electron chi connectivity index (χ0n) is 19.0. The molecule has 0 bridgehead atoms. The van der Waals surface area contributed by atoms with E-state index in [2.05, 4.69) is 9.88 Å². The molecule has 1 aliphatic rings. The van der Waals surface area contributed by atoms with E-state index in [-0.39, 0.29) is 6.54 Å². The molecule has 7 heteroatoms. The van der Waals surface area contributed by atoms with Crippen LogP contribution in [0.1, 0.15) is 28.1 Å². The molecule has 0 unspecified atom stereocenters. The van der Waals surface area contributed by atoms with E-state index in [4.69, 9.17) is 0 Å². The molecule has 2 aromatic carbocycles. The molecule has 0 saturated carbocycles. The van der Waals surface area contributed by atoms with Gasteiger partial charge in [-0.25, -0.2) is 0 Å². The summed E-state index contributed by atoms with van der Waals surface area (Å²) < 4.78 is 2.10. The van der Waals surface area contributed by atoms with E-state index in [0.717, 1.165) is 50.4 Å². The van der Waals surface area contributed by atoms with Crippen LogP contribution in [0.15, 0.2) is 59.5 Å². The number of aryl methyl sites for hydroxylation is 3. The second-order valence-electron chi connectivity index (χ2n) is 8.13. The molecule has 2 heterocycles. The molecule has 1 aliphatic heterocycles. The SMILES string of the molecule is Cc1ccc(NC(=O)CN2C(=O)S/C(=C/c3cc(C)n(-c4ccccc4)c3C)C2=O)c(C)c1. The molecule has 0 aliphatic carbocycles. The minimum atomic E-state index is -0.453. The maximum Gasteiger partial charge on any atom is 0.294 e. The molecule has 1 aromatic heterocycles. The lowest BCUT2D eigenvalue weighted by Crippen LogP contribution is -2.36. The fourth-order valence-corrected chi connectivity index (χ4v) is 4.80. The van der Waals surface area contributed by atoms with Gasteiger partial charge in [0, 0.05) is 22.8 Å². The van der Waals surface area contributed by atoms with E-state index in [1.54, 1.807) is 6.08 Å². The Bertz CT molecular complexity index is 1290. The predicted octanol–water partition coefficient (Wildman–Crippen LogP) is 5.39. The number of hydrogen-bond donors (Lipinski definition) is 1. The van der Waals surface area contributed by atoms with Crippen molar-refractivity contribution in [1.82, 2.24) is 9.47 Å². The average molecular weight is 460 g/mol. The van der Waals surface area contributed by atoms with Gasteiger partial charge >= 0.3 is 0 Å². The van der Waals surface area contributed by atoms with Crippen molar-refractivity contribution >= 4 is 40.6 Å². The summed E-state index contributed by atoms with van der Waals surface area (Å²) in [4.78, 5) is 39.3. The van der Waals surface area contributed by atoms with Crippen molar-refractivity contribution < 1.29 is 14.4 Å². The van der Waals surface area contributed by atoms with Crippen LogP contribution in [0, 0.1) is 27.7 Å². The van der Waals surface area contributed by atoms with Crippen LogP contribution in [0.25, 0.3) is 11.8 Å². The molecular weight excluding hydrogens is 434 g/mol. The highest BCUT2D eigenvalue weighted by atomic mass is 32.2. The normalized spacial score (nSPS) is 14.9. The first kappa shape index (κ1) is 22.6.